The second-order valence-corrected chi connectivity index (χ2v) is 8.09. The van der Waals surface area contributed by atoms with Crippen LogP contribution in [-0.4, -0.2) is 51.4 Å². The van der Waals surface area contributed by atoms with E-state index in [1.165, 1.54) is 4.88 Å². The molecule has 4 rings (SSSR count). The summed E-state index contributed by atoms with van der Waals surface area (Å²) in [6.45, 7) is 4.17. The smallest absolute Gasteiger partial charge is 0.253 e. The summed E-state index contributed by atoms with van der Waals surface area (Å²) in [4.78, 5) is 22.4. The van der Waals surface area contributed by atoms with Gasteiger partial charge in [-0.3, -0.25) is 9.69 Å². The first-order valence-electron chi connectivity index (χ1n) is 8.53. The number of thiophene rings is 1. The second kappa shape index (κ2) is 7.61. The molecule has 1 aliphatic rings. The van der Waals surface area contributed by atoms with Crippen molar-refractivity contribution in [1.29, 1.82) is 0 Å². The highest BCUT2D eigenvalue weighted by molar-refractivity contribution is 7.16. The topological polar surface area (TPSA) is 41.4 Å². The van der Waals surface area contributed by atoms with Gasteiger partial charge in [0.1, 0.15) is 0 Å². The first-order chi connectivity index (χ1) is 12.7. The predicted octanol–water partition coefficient (Wildman–Crippen LogP) is 3.55. The summed E-state index contributed by atoms with van der Waals surface area (Å²) in [5.74, 6) is 0.0981. The molecule has 0 saturated carbocycles. The molecule has 2 aromatic heterocycles. The van der Waals surface area contributed by atoms with E-state index in [-0.39, 0.29) is 5.91 Å². The number of aromatic nitrogens is 2. The molecule has 0 unspecified atom stereocenters. The second-order valence-electron chi connectivity index (χ2n) is 6.29. The molecule has 1 aliphatic heterocycles. The van der Waals surface area contributed by atoms with Gasteiger partial charge in [-0.25, -0.2) is 4.98 Å². The maximum Gasteiger partial charge on any atom is 0.253 e. The van der Waals surface area contributed by atoms with Crippen LogP contribution in [0.1, 0.15) is 15.2 Å². The fourth-order valence-electron chi connectivity index (χ4n) is 3.14. The third-order valence-electron chi connectivity index (χ3n) is 4.58. The summed E-state index contributed by atoms with van der Waals surface area (Å²) in [7, 11) is 0. The Morgan fingerprint density at radius 1 is 1.08 bits per heavy atom. The van der Waals surface area contributed by atoms with Crippen molar-refractivity contribution in [3.8, 4) is 5.69 Å². The van der Waals surface area contributed by atoms with E-state index >= 15 is 0 Å². The average molecular weight is 387 g/mol. The Kier molecular flexibility index (Phi) is 5.06. The zero-order valence-corrected chi connectivity index (χ0v) is 15.8. The minimum atomic E-state index is 0.0981. The number of imidazole rings is 1. The van der Waals surface area contributed by atoms with Gasteiger partial charge in [-0.15, -0.1) is 11.3 Å². The molecule has 1 fully saturated rings. The Balaban J connectivity index is 1.34. The highest BCUT2D eigenvalue weighted by atomic mass is 35.5. The third kappa shape index (κ3) is 3.82. The summed E-state index contributed by atoms with van der Waals surface area (Å²) < 4.78 is 2.75. The molecule has 0 bridgehead atoms. The Labute approximate surface area is 161 Å². The zero-order valence-electron chi connectivity index (χ0n) is 14.2. The van der Waals surface area contributed by atoms with E-state index < -0.39 is 0 Å². The molecule has 7 heteroatoms. The molecule has 1 aromatic carbocycles. The SMILES string of the molecule is O=C(c1ccc(-n2ccnc2)cc1)N1CCN(Cc2ccc(Cl)s2)CC1. The van der Waals surface area contributed by atoms with E-state index in [0.29, 0.717) is 0 Å². The molecule has 3 heterocycles. The maximum absolute atomic E-state index is 12.7. The number of amides is 1. The number of hydrogen-bond donors (Lipinski definition) is 0. The van der Waals surface area contributed by atoms with Crippen molar-refractivity contribution in [2.24, 2.45) is 0 Å². The Bertz CT molecular complexity index is 867. The molecule has 26 heavy (non-hydrogen) atoms. The normalized spacial score (nSPS) is 15.3. The maximum atomic E-state index is 12.7. The van der Waals surface area contributed by atoms with E-state index in [4.69, 9.17) is 11.6 Å². The molecular weight excluding hydrogens is 368 g/mol. The summed E-state index contributed by atoms with van der Waals surface area (Å²) in [5, 5.41) is 0. The molecule has 1 saturated heterocycles. The first kappa shape index (κ1) is 17.3. The van der Waals surface area contributed by atoms with Crippen molar-refractivity contribution < 1.29 is 4.79 Å². The van der Waals surface area contributed by atoms with Crippen LogP contribution in [-0.2, 0) is 6.54 Å². The highest BCUT2D eigenvalue weighted by Crippen LogP contribution is 2.23. The van der Waals surface area contributed by atoms with Gasteiger partial charge in [0.05, 0.1) is 10.7 Å². The lowest BCUT2D eigenvalue weighted by molar-refractivity contribution is 0.0629. The molecule has 0 atom stereocenters. The van der Waals surface area contributed by atoms with Crippen LogP contribution in [0.5, 0.6) is 0 Å². The van der Waals surface area contributed by atoms with Gasteiger partial charge in [0.15, 0.2) is 0 Å². The van der Waals surface area contributed by atoms with E-state index in [1.54, 1.807) is 23.9 Å². The fraction of sp³-hybridized carbons (Fsp3) is 0.263. The standard InChI is InChI=1S/C19H19ClN4OS/c20-18-6-5-17(26-18)13-22-9-11-23(12-10-22)19(25)15-1-3-16(4-2-15)24-8-7-21-14-24/h1-8,14H,9-13H2. The van der Waals surface area contributed by atoms with E-state index in [9.17, 15) is 4.79 Å². The molecule has 0 radical (unpaired) electrons. The van der Waals surface area contributed by atoms with Crippen molar-refractivity contribution in [3.63, 3.8) is 0 Å². The number of nitrogens with zero attached hydrogens (tertiary/aromatic N) is 4. The number of halogens is 1. The van der Waals surface area contributed by atoms with Crippen molar-refractivity contribution >= 4 is 28.8 Å². The van der Waals surface area contributed by atoms with Crippen LogP contribution < -0.4 is 0 Å². The summed E-state index contributed by atoms with van der Waals surface area (Å²) >= 11 is 7.62. The fourth-order valence-corrected chi connectivity index (χ4v) is 4.27. The van der Waals surface area contributed by atoms with Gasteiger partial charge in [0.25, 0.3) is 5.91 Å². The van der Waals surface area contributed by atoms with Crippen LogP contribution in [0.2, 0.25) is 4.34 Å². The number of piperazine rings is 1. The summed E-state index contributed by atoms with van der Waals surface area (Å²) in [5.41, 5.74) is 1.73. The van der Waals surface area contributed by atoms with Crippen LogP contribution in [0.15, 0.2) is 55.1 Å². The lowest BCUT2D eigenvalue weighted by Gasteiger charge is -2.34. The molecule has 0 spiro atoms. The Hall–Kier alpha value is -2.15. The van der Waals surface area contributed by atoms with Crippen LogP contribution in [0, 0.1) is 0 Å². The van der Waals surface area contributed by atoms with Gasteiger partial charge in [-0.1, -0.05) is 11.6 Å². The van der Waals surface area contributed by atoms with Crippen molar-refractivity contribution in [2.75, 3.05) is 26.2 Å². The zero-order chi connectivity index (χ0) is 17.9. The van der Waals surface area contributed by atoms with Crippen LogP contribution in [0.4, 0.5) is 0 Å². The van der Waals surface area contributed by atoms with E-state index in [1.807, 2.05) is 46.0 Å². The molecule has 5 nitrogen and oxygen atoms in total. The molecular formula is C19H19ClN4OS. The van der Waals surface area contributed by atoms with Gasteiger partial charge < -0.3 is 9.47 Å². The highest BCUT2D eigenvalue weighted by Gasteiger charge is 2.22. The molecule has 3 aromatic rings. The molecule has 0 aliphatic carbocycles. The van der Waals surface area contributed by atoms with Crippen molar-refractivity contribution in [1.82, 2.24) is 19.4 Å². The van der Waals surface area contributed by atoms with Crippen LogP contribution in [0.3, 0.4) is 0 Å². The van der Waals surface area contributed by atoms with E-state index in [0.717, 1.165) is 48.3 Å². The lowest BCUT2D eigenvalue weighted by Crippen LogP contribution is -2.48. The molecule has 134 valence electrons. The number of benzene rings is 1. The number of carbonyl (C=O) groups is 1. The monoisotopic (exact) mass is 386 g/mol. The third-order valence-corrected chi connectivity index (χ3v) is 5.80. The van der Waals surface area contributed by atoms with Crippen molar-refractivity contribution in [2.45, 2.75) is 6.54 Å². The van der Waals surface area contributed by atoms with Crippen LogP contribution >= 0.6 is 22.9 Å². The Morgan fingerprint density at radius 3 is 2.46 bits per heavy atom. The van der Waals surface area contributed by atoms with Gasteiger partial charge in [-0.2, -0.15) is 0 Å². The average Bonchev–Trinajstić information content (AvgIpc) is 3.34. The number of rotatable bonds is 4. The Morgan fingerprint density at radius 2 is 1.85 bits per heavy atom. The van der Waals surface area contributed by atoms with E-state index in [2.05, 4.69) is 16.0 Å². The number of carbonyl (C=O) groups excluding carboxylic acids is 1. The van der Waals surface area contributed by atoms with Crippen molar-refractivity contribution in [3.05, 3.63) is 69.9 Å². The lowest BCUT2D eigenvalue weighted by atomic mass is 10.1. The van der Waals surface area contributed by atoms with Gasteiger partial charge >= 0.3 is 0 Å². The summed E-state index contributed by atoms with van der Waals surface area (Å²) in [6.07, 6.45) is 5.37. The predicted molar refractivity (Wildman–Crippen MR) is 104 cm³/mol. The quantitative estimate of drug-likeness (QED) is 0.688. The number of hydrogen-bond acceptors (Lipinski definition) is 4. The summed E-state index contributed by atoms with van der Waals surface area (Å²) in [6, 6.07) is 11.7. The minimum Gasteiger partial charge on any atom is -0.336 e. The molecule has 1 amide bonds. The van der Waals surface area contributed by atoms with Gasteiger partial charge in [0, 0.05) is 61.2 Å². The van der Waals surface area contributed by atoms with Crippen LogP contribution in [0.25, 0.3) is 5.69 Å². The van der Waals surface area contributed by atoms with Gasteiger partial charge in [0.2, 0.25) is 0 Å². The minimum absolute atomic E-state index is 0.0981. The first-order valence-corrected chi connectivity index (χ1v) is 9.73. The largest absolute Gasteiger partial charge is 0.336 e. The van der Waals surface area contributed by atoms with Gasteiger partial charge in [-0.05, 0) is 36.4 Å². The molecule has 0 N–H and O–H groups in total.